The Bertz CT molecular complexity index is 733. The second kappa shape index (κ2) is 4.71. The van der Waals surface area contributed by atoms with E-state index in [-0.39, 0.29) is 17.3 Å². The second-order valence-corrected chi connectivity index (χ2v) is 5.58. The van der Waals surface area contributed by atoms with Crippen molar-refractivity contribution in [2.75, 3.05) is 5.73 Å². The van der Waals surface area contributed by atoms with Crippen LogP contribution in [0, 0.1) is 0 Å². The van der Waals surface area contributed by atoms with E-state index in [1.807, 2.05) is 0 Å². The zero-order valence-corrected chi connectivity index (χ0v) is 11.2. The maximum atomic E-state index is 11.7. The molecule has 0 amide bonds. The minimum absolute atomic E-state index is 0.141. The van der Waals surface area contributed by atoms with Crippen molar-refractivity contribution in [1.29, 1.82) is 0 Å². The topological polar surface area (TPSA) is 114 Å². The zero-order valence-electron chi connectivity index (χ0n) is 10.4. The molecule has 2 aromatic rings. The van der Waals surface area contributed by atoms with Gasteiger partial charge in [-0.3, -0.25) is 4.57 Å². The molecule has 1 fully saturated rings. The van der Waals surface area contributed by atoms with E-state index in [1.165, 1.54) is 12.1 Å². The summed E-state index contributed by atoms with van der Waals surface area (Å²) in [7, 11) is 0. The predicted octanol–water partition coefficient (Wildman–Crippen LogP) is 1.34. The average molecular weight is 292 g/mol. The molecule has 8 heteroatoms. The number of aromatic nitrogens is 3. The van der Waals surface area contributed by atoms with Crippen LogP contribution in [0.3, 0.4) is 0 Å². The van der Waals surface area contributed by atoms with Crippen LogP contribution in [0.15, 0.2) is 33.0 Å². The van der Waals surface area contributed by atoms with Crippen molar-refractivity contribution in [2.45, 2.75) is 28.9 Å². The summed E-state index contributed by atoms with van der Waals surface area (Å²) in [4.78, 5) is 23.4. The number of carboxylic acids is 1. The second-order valence-electron chi connectivity index (χ2n) is 4.58. The van der Waals surface area contributed by atoms with Gasteiger partial charge in [-0.05, 0) is 42.8 Å². The fourth-order valence-corrected chi connectivity index (χ4v) is 2.99. The number of hydrogen-bond donors (Lipinski definition) is 3. The van der Waals surface area contributed by atoms with E-state index in [9.17, 15) is 14.7 Å². The van der Waals surface area contributed by atoms with E-state index in [1.54, 1.807) is 10.6 Å². The molecule has 4 N–H and O–H groups in total. The fraction of sp³-hybridized carbons (Fsp3) is 0.250. The Labute approximate surface area is 117 Å². The Morgan fingerprint density at radius 1 is 1.50 bits per heavy atom. The molecule has 1 aliphatic rings. The van der Waals surface area contributed by atoms with Gasteiger partial charge in [0.15, 0.2) is 5.16 Å². The van der Waals surface area contributed by atoms with Gasteiger partial charge in [-0.2, -0.15) is 0 Å². The third-order valence-electron chi connectivity index (χ3n) is 3.02. The van der Waals surface area contributed by atoms with Crippen molar-refractivity contribution in [3.63, 3.8) is 0 Å². The van der Waals surface area contributed by atoms with Crippen LogP contribution in [-0.4, -0.2) is 25.8 Å². The highest BCUT2D eigenvalue weighted by Gasteiger charge is 2.29. The molecular weight excluding hydrogens is 280 g/mol. The molecule has 1 aliphatic carbocycles. The van der Waals surface area contributed by atoms with E-state index in [2.05, 4.69) is 10.2 Å². The number of aromatic amines is 1. The summed E-state index contributed by atoms with van der Waals surface area (Å²) in [6.07, 6.45) is 1.88. The number of carbonyl (C=O) groups is 1. The van der Waals surface area contributed by atoms with Gasteiger partial charge in [0.05, 0.1) is 5.56 Å². The van der Waals surface area contributed by atoms with Crippen molar-refractivity contribution >= 4 is 23.4 Å². The third kappa shape index (κ3) is 2.29. The number of anilines is 1. The number of rotatable bonds is 4. The number of nitrogens with one attached hydrogen (secondary N) is 1. The Morgan fingerprint density at radius 2 is 2.25 bits per heavy atom. The van der Waals surface area contributed by atoms with Gasteiger partial charge < -0.3 is 10.8 Å². The maximum Gasteiger partial charge on any atom is 0.344 e. The highest BCUT2D eigenvalue weighted by molar-refractivity contribution is 7.99. The lowest BCUT2D eigenvalue weighted by molar-refractivity contribution is 0.0693. The van der Waals surface area contributed by atoms with Crippen LogP contribution < -0.4 is 11.4 Å². The molecule has 0 saturated heterocycles. The van der Waals surface area contributed by atoms with Gasteiger partial charge in [0, 0.05) is 16.6 Å². The van der Waals surface area contributed by atoms with Gasteiger partial charge in [-0.25, -0.2) is 14.7 Å². The predicted molar refractivity (Wildman–Crippen MR) is 73.1 cm³/mol. The first-order valence-corrected chi connectivity index (χ1v) is 6.85. The Kier molecular flexibility index (Phi) is 3.01. The minimum Gasteiger partial charge on any atom is -0.478 e. The van der Waals surface area contributed by atoms with Crippen molar-refractivity contribution in [3.05, 3.63) is 34.2 Å². The molecular formula is C12H12N4O3S. The molecule has 0 aliphatic heterocycles. The molecule has 0 radical (unpaired) electrons. The highest BCUT2D eigenvalue weighted by atomic mass is 32.2. The lowest BCUT2D eigenvalue weighted by Gasteiger charge is -2.07. The standard InChI is InChI=1S/C12H12N4O3S/c13-6-1-4-8(10(17)18)9(5-6)20-12-15-14-11(19)16(12)7-2-3-7/h1,4-5,7H,2-3,13H2,(H,14,19)(H,17,18). The molecule has 1 aromatic heterocycles. The number of nitrogens with zero attached hydrogens (tertiary/aromatic N) is 2. The van der Waals surface area contributed by atoms with Gasteiger partial charge in [-0.1, -0.05) is 0 Å². The quantitative estimate of drug-likeness (QED) is 0.733. The number of benzene rings is 1. The van der Waals surface area contributed by atoms with Crippen LogP contribution in [0.4, 0.5) is 5.69 Å². The number of H-pyrrole nitrogens is 1. The third-order valence-corrected chi connectivity index (χ3v) is 4.05. The SMILES string of the molecule is Nc1ccc(C(=O)O)c(Sc2n[nH]c(=O)n2C2CC2)c1. The van der Waals surface area contributed by atoms with Crippen molar-refractivity contribution < 1.29 is 9.90 Å². The molecule has 7 nitrogen and oxygen atoms in total. The van der Waals surface area contributed by atoms with Gasteiger partial charge in [0.2, 0.25) is 0 Å². The summed E-state index contributed by atoms with van der Waals surface area (Å²) in [6, 6.07) is 4.72. The number of nitrogen functional groups attached to an aromatic ring is 1. The average Bonchev–Trinajstić information content (AvgIpc) is 3.15. The van der Waals surface area contributed by atoms with E-state index in [0.29, 0.717) is 15.7 Å². The van der Waals surface area contributed by atoms with Crippen LogP contribution in [0.5, 0.6) is 0 Å². The molecule has 1 saturated carbocycles. The summed E-state index contributed by atoms with van der Waals surface area (Å²) < 4.78 is 1.57. The summed E-state index contributed by atoms with van der Waals surface area (Å²) in [5.41, 5.74) is 6.03. The largest absolute Gasteiger partial charge is 0.478 e. The number of nitrogens with two attached hydrogens (primary N) is 1. The Balaban J connectivity index is 2.01. The molecule has 3 rings (SSSR count). The summed E-state index contributed by atoms with van der Waals surface area (Å²) in [6.45, 7) is 0. The van der Waals surface area contributed by atoms with Crippen molar-refractivity contribution in [3.8, 4) is 0 Å². The smallest absolute Gasteiger partial charge is 0.344 e. The van der Waals surface area contributed by atoms with E-state index >= 15 is 0 Å². The van der Waals surface area contributed by atoms with Crippen LogP contribution in [0.1, 0.15) is 29.2 Å². The summed E-state index contributed by atoms with van der Waals surface area (Å²) >= 11 is 1.13. The Morgan fingerprint density at radius 3 is 2.90 bits per heavy atom. The molecule has 0 spiro atoms. The van der Waals surface area contributed by atoms with Crippen LogP contribution >= 0.6 is 11.8 Å². The van der Waals surface area contributed by atoms with Gasteiger partial charge in [0.25, 0.3) is 0 Å². The van der Waals surface area contributed by atoms with Crippen LogP contribution in [0.25, 0.3) is 0 Å². The maximum absolute atomic E-state index is 11.7. The first-order chi connectivity index (χ1) is 9.56. The zero-order chi connectivity index (χ0) is 14.3. The molecule has 0 bridgehead atoms. The normalized spacial score (nSPS) is 14.4. The first kappa shape index (κ1) is 12.8. The van der Waals surface area contributed by atoms with Gasteiger partial charge >= 0.3 is 11.7 Å². The number of aromatic carboxylic acids is 1. The minimum atomic E-state index is -1.04. The van der Waals surface area contributed by atoms with Crippen LogP contribution in [-0.2, 0) is 0 Å². The fourth-order valence-electron chi connectivity index (χ4n) is 1.92. The first-order valence-electron chi connectivity index (χ1n) is 6.04. The van der Waals surface area contributed by atoms with E-state index in [0.717, 1.165) is 24.6 Å². The molecule has 0 unspecified atom stereocenters. The molecule has 104 valence electrons. The van der Waals surface area contributed by atoms with Crippen molar-refractivity contribution in [2.24, 2.45) is 0 Å². The summed E-state index contributed by atoms with van der Waals surface area (Å²) in [5.74, 6) is -1.04. The van der Waals surface area contributed by atoms with Gasteiger partial charge in [0.1, 0.15) is 0 Å². The molecule has 1 aromatic carbocycles. The molecule has 0 atom stereocenters. The lowest BCUT2D eigenvalue weighted by Crippen LogP contribution is -2.16. The Hall–Kier alpha value is -2.22. The lowest BCUT2D eigenvalue weighted by atomic mass is 10.2. The molecule has 1 heterocycles. The highest BCUT2D eigenvalue weighted by Crippen LogP contribution is 2.38. The van der Waals surface area contributed by atoms with Crippen LogP contribution in [0.2, 0.25) is 0 Å². The number of hydrogen-bond acceptors (Lipinski definition) is 5. The monoisotopic (exact) mass is 292 g/mol. The summed E-state index contributed by atoms with van der Waals surface area (Å²) in [5, 5.41) is 16.0. The molecule has 20 heavy (non-hydrogen) atoms. The van der Waals surface area contributed by atoms with Crippen molar-refractivity contribution in [1.82, 2.24) is 14.8 Å². The number of carboxylic acid groups (broad SMARTS) is 1. The van der Waals surface area contributed by atoms with E-state index < -0.39 is 5.97 Å². The van der Waals surface area contributed by atoms with Gasteiger partial charge in [-0.15, -0.1) is 5.10 Å². The van der Waals surface area contributed by atoms with E-state index in [4.69, 9.17) is 5.73 Å².